The molecule has 0 fully saturated rings. The monoisotopic (exact) mass is 389 g/mol. The Hall–Kier alpha value is -2.04. The molecule has 3 rings (SSSR count). The smallest absolute Gasteiger partial charge is 0.407 e. The molecular weight excluding hydrogens is 362 g/mol. The molecule has 0 saturated heterocycles. The van der Waals surface area contributed by atoms with Crippen LogP contribution in [0.4, 0.5) is 4.79 Å². The Labute approximate surface area is 167 Å². The van der Waals surface area contributed by atoms with E-state index in [0.29, 0.717) is 18.9 Å². The molecule has 0 bridgehead atoms. The topological polar surface area (TPSA) is 58.6 Å². The Morgan fingerprint density at radius 2 is 1.63 bits per heavy atom. The van der Waals surface area contributed by atoms with E-state index in [2.05, 4.69) is 43.4 Å². The largest absolute Gasteiger partial charge is 0.449 e. The molecule has 2 aromatic rings. The predicted molar refractivity (Wildman–Crippen MR) is 110 cm³/mol. The highest BCUT2D eigenvalue weighted by Crippen LogP contribution is 2.44. The van der Waals surface area contributed by atoms with E-state index in [-0.39, 0.29) is 31.0 Å². The van der Waals surface area contributed by atoms with Gasteiger partial charge in [-0.2, -0.15) is 0 Å². The number of aliphatic hydroxyl groups excluding tert-OH is 1. The molecule has 1 atom stereocenters. The summed E-state index contributed by atoms with van der Waals surface area (Å²) >= 11 is 0. The van der Waals surface area contributed by atoms with E-state index in [9.17, 15) is 9.90 Å². The number of aliphatic hydroxyl groups is 1. The lowest BCUT2D eigenvalue weighted by Gasteiger charge is -2.20. The van der Waals surface area contributed by atoms with Crippen molar-refractivity contribution >= 4 is 18.5 Å². The van der Waals surface area contributed by atoms with Crippen LogP contribution in [0.1, 0.15) is 43.7 Å². The van der Waals surface area contributed by atoms with Gasteiger partial charge in [0.05, 0.1) is 0 Å². The highest BCUT2D eigenvalue weighted by atomic mass is 35.5. The molecule has 5 heteroatoms. The van der Waals surface area contributed by atoms with E-state index in [1.807, 2.05) is 24.3 Å². The maximum atomic E-state index is 12.3. The summed E-state index contributed by atoms with van der Waals surface area (Å²) in [6, 6.07) is 16.5. The molecule has 0 aliphatic heterocycles. The first-order valence-corrected chi connectivity index (χ1v) is 9.32. The van der Waals surface area contributed by atoms with Gasteiger partial charge in [-0.1, -0.05) is 62.4 Å². The Bertz CT molecular complexity index is 717. The summed E-state index contributed by atoms with van der Waals surface area (Å²) in [5, 5.41) is 12.1. The van der Waals surface area contributed by atoms with Gasteiger partial charge < -0.3 is 15.2 Å². The van der Waals surface area contributed by atoms with Crippen LogP contribution >= 0.6 is 12.4 Å². The number of ether oxygens (including phenoxy) is 1. The summed E-state index contributed by atoms with van der Waals surface area (Å²) in [5.74, 6) is 0.509. The number of hydrogen-bond acceptors (Lipinski definition) is 3. The third kappa shape index (κ3) is 5.02. The summed E-state index contributed by atoms with van der Waals surface area (Å²) < 4.78 is 5.57. The van der Waals surface area contributed by atoms with Crippen molar-refractivity contribution in [1.29, 1.82) is 0 Å². The zero-order chi connectivity index (χ0) is 18.5. The summed E-state index contributed by atoms with van der Waals surface area (Å²) in [6.45, 7) is 4.57. The predicted octanol–water partition coefficient (Wildman–Crippen LogP) is 4.74. The first-order valence-electron chi connectivity index (χ1n) is 9.32. The fourth-order valence-corrected chi connectivity index (χ4v) is 3.78. The van der Waals surface area contributed by atoms with Crippen LogP contribution in [0.3, 0.4) is 0 Å². The minimum Gasteiger partial charge on any atom is -0.449 e. The Balaban J connectivity index is 0.00000261. The van der Waals surface area contributed by atoms with Crippen LogP contribution in [0.15, 0.2) is 48.5 Å². The van der Waals surface area contributed by atoms with Crippen molar-refractivity contribution in [2.24, 2.45) is 5.92 Å². The Morgan fingerprint density at radius 3 is 2.15 bits per heavy atom. The summed E-state index contributed by atoms with van der Waals surface area (Å²) in [7, 11) is 0. The van der Waals surface area contributed by atoms with Gasteiger partial charge in [-0.15, -0.1) is 12.4 Å². The highest BCUT2D eigenvalue weighted by molar-refractivity contribution is 5.85. The normalized spacial score (nSPS) is 13.5. The van der Waals surface area contributed by atoms with E-state index in [0.717, 1.165) is 6.42 Å². The zero-order valence-electron chi connectivity index (χ0n) is 15.9. The fraction of sp³-hybridized carbons (Fsp3) is 0.409. The van der Waals surface area contributed by atoms with Crippen LogP contribution in [0.25, 0.3) is 11.1 Å². The Kier molecular flexibility index (Phi) is 7.69. The number of hydrogen-bond donors (Lipinski definition) is 2. The maximum absolute atomic E-state index is 12.3. The van der Waals surface area contributed by atoms with E-state index in [4.69, 9.17) is 4.74 Å². The van der Waals surface area contributed by atoms with Crippen LogP contribution in [-0.2, 0) is 4.74 Å². The number of carbonyl (C=O) groups is 1. The van der Waals surface area contributed by atoms with Gasteiger partial charge in [0.15, 0.2) is 0 Å². The molecule has 1 aliphatic rings. The molecule has 2 aromatic carbocycles. The van der Waals surface area contributed by atoms with E-state index in [1.165, 1.54) is 22.3 Å². The van der Waals surface area contributed by atoms with Gasteiger partial charge in [0.1, 0.15) is 6.61 Å². The number of rotatable bonds is 7. The number of benzene rings is 2. The van der Waals surface area contributed by atoms with Crippen LogP contribution in [0.2, 0.25) is 0 Å². The van der Waals surface area contributed by atoms with Crippen molar-refractivity contribution in [3.05, 3.63) is 59.7 Å². The molecule has 0 radical (unpaired) electrons. The summed E-state index contributed by atoms with van der Waals surface area (Å²) in [4.78, 5) is 12.3. The van der Waals surface area contributed by atoms with Crippen LogP contribution in [0.5, 0.6) is 0 Å². The van der Waals surface area contributed by atoms with Crippen molar-refractivity contribution in [2.45, 2.75) is 38.6 Å². The molecule has 27 heavy (non-hydrogen) atoms. The number of amides is 1. The summed E-state index contributed by atoms with van der Waals surface area (Å²) in [5.41, 5.74) is 4.84. The molecule has 146 valence electrons. The molecule has 0 saturated carbocycles. The average molecular weight is 390 g/mol. The minimum atomic E-state index is -0.411. The van der Waals surface area contributed by atoms with Gasteiger partial charge in [0.25, 0.3) is 0 Å². The lowest BCUT2D eigenvalue weighted by molar-refractivity contribution is 0.135. The first kappa shape index (κ1) is 21.3. The van der Waals surface area contributed by atoms with Crippen LogP contribution < -0.4 is 5.32 Å². The highest BCUT2D eigenvalue weighted by Gasteiger charge is 2.29. The number of nitrogens with one attached hydrogen (secondary N) is 1. The molecule has 1 aliphatic carbocycles. The van der Waals surface area contributed by atoms with Crippen LogP contribution in [-0.4, -0.2) is 30.5 Å². The van der Waals surface area contributed by atoms with E-state index < -0.39 is 6.09 Å². The molecule has 2 N–H and O–H groups in total. The van der Waals surface area contributed by atoms with Crippen molar-refractivity contribution in [3.8, 4) is 11.1 Å². The average Bonchev–Trinajstić information content (AvgIpc) is 2.94. The van der Waals surface area contributed by atoms with Crippen molar-refractivity contribution in [3.63, 3.8) is 0 Å². The van der Waals surface area contributed by atoms with Gasteiger partial charge in [-0.25, -0.2) is 4.79 Å². The number of fused-ring (bicyclic) bond motifs is 3. The fourth-order valence-electron chi connectivity index (χ4n) is 3.78. The molecule has 4 nitrogen and oxygen atoms in total. The lowest BCUT2D eigenvalue weighted by atomic mass is 9.98. The zero-order valence-corrected chi connectivity index (χ0v) is 16.7. The number of alkyl carbamates (subject to hydrolysis) is 1. The quantitative estimate of drug-likeness (QED) is 0.718. The van der Waals surface area contributed by atoms with Gasteiger partial charge in [0.2, 0.25) is 0 Å². The number of carbonyl (C=O) groups excluding carboxylic acids is 1. The van der Waals surface area contributed by atoms with E-state index in [1.54, 1.807) is 0 Å². The Morgan fingerprint density at radius 1 is 1.07 bits per heavy atom. The van der Waals surface area contributed by atoms with Gasteiger partial charge in [-0.3, -0.25) is 0 Å². The van der Waals surface area contributed by atoms with Gasteiger partial charge in [-0.05, 0) is 41.0 Å². The third-order valence-corrected chi connectivity index (χ3v) is 4.90. The molecule has 0 heterocycles. The van der Waals surface area contributed by atoms with Crippen LogP contribution in [0, 0.1) is 5.92 Å². The maximum Gasteiger partial charge on any atom is 0.407 e. The molecule has 1 amide bonds. The number of halogens is 1. The second-order valence-electron chi connectivity index (χ2n) is 7.31. The first-order chi connectivity index (χ1) is 12.6. The minimum absolute atomic E-state index is 0. The second-order valence-corrected chi connectivity index (χ2v) is 7.31. The summed E-state index contributed by atoms with van der Waals surface area (Å²) in [6.07, 6.45) is 0.957. The van der Waals surface area contributed by atoms with Gasteiger partial charge >= 0.3 is 6.09 Å². The molecule has 0 aromatic heterocycles. The van der Waals surface area contributed by atoms with Crippen molar-refractivity contribution < 1.29 is 14.6 Å². The molecule has 0 spiro atoms. The third-order valence-electron chi connectivity index (χ3n) is 4.90. The lowest BCUT2D eigenvalue weighted by Crippen LogP contribution is -2.37. The van der Waals surface area contributed by atoms with Crippen molar-refractivity contribution in [2.75, 3.05) is 13.2 Å². The SMILES string of the molecule is CC(C)C[C@@H](CCO)NC(=O)OCC1c2ccccc2-c2ccccc21.Cl. The second kappa shape index (κ2) is 9.77. The van der Waals surface area contributed by atoms with Crippen molar-refractivity contribution in [1.82, 2.24) is 5.32 Å². The van der Waals surface area contributed by atoms with E-state index >= 15 is 0 Å². The molecule has 0 unspecified atom stereocenters. The standard InChI is InChI=1S/C22H27NO3.ClH/c1-15(2)13-16(11-12-24)23-22(25)26-14-21-19-9-5-3-7-17(19)18-8-4-6-10-20(18)21;/h3-10,15-16,21,24H,11-14H2,1-2H3,(H,23,25);1H/t16-;/m1./s1. The van der Waals surface area contributed by atoms with Gasteiger partial charge in [0, 0.05) is 18.6 Å². The molecular formula is C22H28ClNO3.